The minimum absolute atomic E-state index is 0.248. The third-order valence-corrected chi connectivity index (χ3v) is 2.55. The van der Waals surface area contributed by atoms with E-state index >= 15 is 0 Å². The van der Waals surface area contributed by atoms with Crippen LogP contribution in [-0.2, 0) is 0 Å². The van der Waals surface area contributed by atoms with Crippen LogP contribution in [0.2, 0.25) is 0 Å². The van der Waals surface area contributed by atoms with Crippen LogP contribution in [0.5, 0.6) is 0 Å². The van der Waals surface area contributed by atoms with E-state index in [1.54, 1.807) is 6.07 Å². The van der Waals surface area contributed by atoms with Crippen molar-refractivity contribution in [2.24, 2.45) is 0 Å². The van der Waals surface area contributed by atoms with Crippen molar-refractivity contribution in [1.29, 1.82) is 0 Å². The topological polar surface area (TPSA) is 26.0 Å². The smallest absolute Gasteiger partial charge is 0.137 e. The highest BCUT2D eigenvalue weighted by Crippen LogP contribution is 2.23. The lowest BCUT2D eigenvalue weighted by atomic mass is 10.3. The van der Waals surface area contributed by atoms with Gasteiger partial charge in [-0.1, -0.05) is 0 Å². The zero-order chi connectivity index (χ0) is 7.72. The van der Waals surface area contributed by atoms with Crippen molar-refractivity contribution < 1.29 is 4.39 Å². The van der Waals surface area contributed by atoms with E-state index in [4.69, 9.17) is 5.73 Å². The molecule has 0 aliphatic carbocycles. The van der Waals surface area contributed by atoms with Crippen LogP contribution in [0.4, 0.5) is 10.1 Å². The summed E-state index contributed by atoms with van der Waals surface area (Å²) < 4.78 is 13.8. The number of hydrogen-bond donors (Lipinski definition) is 1. The van der Waals surface area contributed by atoms with E-state index in [2.05, 4.69) is 15.9 Å². The minimum atomic E-state index is -0.248. The van der Waals surface area contributed by atoms with E-state index < -0.39 is 0 Å². The fourth-order valence-electron chi connectivity index (χ4n) is 0.538. The summed E-state index contributed by atoms with van der Waals surface area (Å²) >= 11 is 5.00. The zero-order valence-electron chi connectivity index (χ0n) is 4.87. The molecule has 0 saturated heterocycles. The van der Waals surface area contributed by atoms with Crippen molar-refractivity contribution in [2.75, 3.05) is 5.73 Å². The highest BCUT2D eigenvalue weighted by Gasteiger charge is 2.01. The highest BCUT2D eigenvalue weighted by atomic mass is 127. The van der Waals surface area contributed by atoms with Gasteiger partial charge in [-0.15, -0.1) is 0 Å². The normalized spacial score (nSPS) is 9.90. The Morgan fingerprint density at radius 3 is 2.60 bits per heavy atom. The summed E-state index contributed by atoms with van der Waals surface area (Å²) in [7, 11) is 0. The lowest BCUT2D eigenvalue weighted by molar-refractivity contribution is 0.620. The van der Waals surface area contributed by atoms with Crippen LogP contribution >= 0.6 is 38.5 Å². The molecule has 4 heteroatoms. The molecule has 0 amide bonds. The van der Waals surface area contributed by atoms with Crippen LogP contribution < -0.4 is 5.73 Å². The molecule has 54 valence electrons. The van der Waals surface area contributed by atoms with Crippen molar-refractivity contribution in [3.05, 3.63) is 26.0 Å². The summed E-state index contributed by atoms with van der Waals surface area (Å²) in [5, 5.41) is 0. The maximum absolute atomic E-state index is 12.7. The zero-order valence-corrected chi connectivity index (χ0v) is 8.61. The van der Waals surface area contributed by atoms with Gasteiger partial charge in [0.15, 0.2) is 0 Å². The maximum atomic E-state index is 12.7. The summed E-state index contributed by atoms with van der Waals surface area (Å²) in [4.78, 5) is 0. The monoisotopic (exact) mass is 315 g/mol. The molecular formula is C6H4BrFIN. The number of benzene rings is 1. The van der Waals surface area contributed by atoms with Gasteiger partial charge in [-0.25, -0.2) is 4.39 Å². The number of rotatable bonds is 0. The Balaban J connectivity index is 3.28. The second-order valence-corrected chi connectivity index (χ2v) is 3.80. The molecule has 0 fully saturated rings. The quantitative estimate of drug-likeness (QED) is 0.445. The summed E-state index contributed by atoms with van der Waals surface area (Å²) in [5.41, 5.74) is 6.03. The number of halogens is 3. The standard InChI is InChI=1S/C6H4BrFIN/c7-3-1-4(8)5(9)2-6(3)10/h1-2H,10H2. The molecule has 0 saturated carbocycles. The lowest BCUT2D eigenvalue weighted by Gasteiger charge is -1.98. The first-order valence-corrected chi connectivity index (χ1v) is 4.38. The summed E-state index contributed by atoms with van der Waals surface area (Å²) in [6.45, 7) is 0. The molecule has 0 radical (unpaired) electrons. The van der Waals surface area contributed by atoms with Gasteiger partial charge in [-0.3, -0.25) is 0 Å². The minimum Gasteiger partial charge on any atom is -0.398 e. The van der Waals surface area contributed by atoms with Crippen LogP contribution in [0, 0.1) is 9.39 Å². The second-order valence-electron chi connectivity index (χ2n) is 1.79. The van der Waals surface area contributed by atoms with Gasteiger partial charge < -0.3 is 5.73 Å². The molecule has 1 rings (SSSR count). The van der Waals surface area contributed by atoms with Crippen molar-refractivity contribution >= 4 is 44.2 Å². The van der Waals surface area contributed by atoms with Gasteiger partial charge in [0.1, 0.15) is 5.82 Å². The first kappa shape index (κ1) is 8.26. The van der Waals surface area contributed by atoms with Gasteiger partial charge in [0.05, 0.1) is 3.57 Å². The van der Waals surface area contributed by atoms with E-state index in [0.717, 1.165) is 0 Å². The lowest BCUT2D eigenvalue weighted by Crippen LogP contribution is -1.90. The van der Waals surface area contributed by atoms with Gasteiger partial charge in [0, 0.05) is 10.2 Å². The largest absolute Gasteiger partial charge is 0.398 e. The SMILES string of the molecule is Nc1cc(I)c(F)cc1Br. The van der Waals surface area contributed by atoms with E-state index in [0.29, 0.717) is 13.7 Å². The molecule has 10 heavy (non-hydrogen) atoms. The van der Waals surface area contributed by atoms with Crippen molar-refractivity contribution in [3.8, 4) is 0 Å². The Bertz CT molecular complexity index is 214. The maximum Gasteiger partial charge on any atom is 0.137 e. The number of hydrogen-bond acceptors (Lipinski definition) is 1. The number of nitrogen functional groups attached to an aromatic ring is 1. The molecule has 0 aliphatic heterocycles. The molecule has 0 heterocycles. The van der Waals surface area contributed by atoms with Gasteiger partial charge in [0.25, 0.3) is 0 Å². The predicted molar refractivity (Wildman–Crippen MR) is 51.2 cm³/mol. The van der Waals surface area contributed by atoms with Crippen molar-refractivity contribution in [2.45, 2.75) is 0 Å². The molecule has 0 aromatic heterocycles. The molecule has 0 atom stereocenters. The molecule has 0 unspecified atom stereocenters. The fourth-order valence-corrected chi connectivity index (χ4v) is 1.34. The van der Waals surface area contributed by atoms with E-state index in [1.165, 1.54) is 6.07 Å². The van der Waals surface area contributed by atoms with Crippen LogP contribution in [0.25, 0.3) is 0 Å². The summed E-state index contributed by atoms with van der Waals surface area (Å²) in [6.07, 6.45) is 0. The Morgan fingerprint density at radius 2 is 2.10 bits per heavy atom. The second kappa shape index (κ2) is 3.04. The van der Waals surface area contributed by atoms with Crippen LogP contribution in [0.1, 0.15) is 0 Å². The van der Waals surface area contributed by atoms with E-state index in [-0.39, 0.29) is 5.82 Å². The first-order chi connectivity index (χ1) is 4.61. The molecule has 1 nitrogen and oxygen atoms in total. The molecule has 1 aromatic rings. The molecule has 1 aromatic carbocycles. The molecular weight excluding hydrogens is 312 g/mol. The molecule has 0 spiro atoms. The number of nitrogens with two attached hydrogens (primary N) is 1. The number of anilines is 1. The third kappa shape index (κ3) is 1.60. The van der Waals surface area contributed by atoms with Gasteiger partial charge in [0.2, 0.25) is 0 Å². The Kier molecular flexibility index (Phi) is 2.51. The van der Waals surface area contributed by atoms with Gasteiger partial charge in [-0.2, -0.15) is 0 Å². The average molecular weight is 316 g/mol. The third-order valence-electron chi connectivity index (χ3n) is 1.04. The Labute approximate surface area is 80.1 Å². The Morgan fingerprint density at radius 1 is 1.50 bits per heavy atom. The van der Waals surface area contributed by atoms with Gasteiger partial charge >= 0.3 is 0 Å². The van der Waals surface area contributed by atoms with E-state index in [1.807, 2.05) is 22.6 Å². The van der Waals surface area contributed by atoms with E-state index in [9.17, 15) is 4.39 Å². The molecule has 0 aliphatic rings. The van der Waals surface area contributed by atoms with Crippen LogP contribution in [0.3, 0.4) is 0 Å². The molecule has 0 bridgehead atoms. The summed E-state index contributed by atoms with van der Waals surface area (Å²) in [5.74, 6) is -0.248. The Hall–Kier alpha value is 0.160. The van der Waals surface area contributed by atoms with Crippen LogP contribution in [0.15, 0.2) is 16.6 Å². The van der Waals surface area contributed by atoms with Gasteiger partial charge in [-0.05, 0) is 50.7 Å². The van der Waals surface area contributed by atoms with Crippen LogP contribution in [-0.4, -0.2) is 0 Å². The molecule has 2 N–H and O–H groups in total. The van der Waals surface area contributed by atoms with Crippen molar-refractivity contribution in [3.63, 3.8) is 0 Å². The fraction of sp³-hybridized carbons (Fsp3) is 0. The average Bonchev–Trinajstić information content (AvgIpc) is 1.84. The highest BCUT2D eigenvalue weighted by molar-refractivity contribution is 14.1. The first-order valence-electron chi connectivity index (χ1n) is 2.51. The predicted octanol–water partition coefficient (Wildman–Crippen LogP) is 2.78. The van der Waals surface area contributed by atoms with Crippen molar-refractivity contribution in [1.82, 2.24) is 0 Å². The summed E-state index contributed by atoms with van der Waals surface area (Å²) in [6, 6.07) is 2.94.